The molecule has 3 heterocycles. The quantitative estimate of drug-likeness (QED) is 0.722. The van der Waals surface area contributed by atoms with Gasteiger partial charge in [-0.05, 0) is 25.0 Å². The number of nitrogens with zero attached hydrogens (tertiary/aromatic N) is 4. The van der Waals surface area contributed by atoms with E-state index in [-0.39, 0.29) is 12.4 Å². The second kappa shape index (κ2) is 6.49. The third kappa shape index (κ3) is 2.91. The SMILES string of the molecule is COc1cc(F)ccc1-c1cnc2sc(N3CCC(N)(CO)CC3)nn12. The number of nitrogens with two attached hydrogens (primary N) is 1. The fraction of sp³-hybridized carbons (Fsp3) is 0.412. The number of hydrogen-bond donors (Lipinski definition) is 2. The van der Waals surface area contributed by atoms with Crippen molar-refractivity contribution in [2.24, 2.45) is 5.73 Å². The van der Waals surface area contributed by atoms with Crippen LogP contribution in [0.25, 0.3) is 16.2 Å². The van der Waals surface area contributed by atoms with Gasteiger partial charge in [-0.2, -0.15) is 0 Å². The Morgan fingerprint density at radius 2 is 2.15 bits per heavy atom. The summed E-state index contributed by atoms with van der Waals surface area (Å²) in [7, 11) is 1.51. The normalized spacial score (nSPS) is 17.0. The fourth-order valence-electron chi connectivity index (χ4n) is 3.17. The van der Waals surface area contributed by atoms with Crippen LogP contribution in [0.4, 0.5) is 9.52 Å². The minimum atomic E-state index is -0.499. The first-order valence-corrected chi connectivity index (χ1v) is 9.18. The van der Waals surface area contributed by atoms with Crippen molar-refractivity contribution >= 4 is 21.4 Å². The Morgan fingerprint density at radius 1 is 1.38 bits per heavy atom. The van der Waals surface area contributed by atoms with Gasteiger partial charge in [-0.15, -0.1) is 5.10 Å². The highest BCUT2D eigenvalue weighted by Crippen LogP contribution is 2.34. The van der Waals surface area contributed by atoms with Crippen molar-refractivity contribution < 1.29 is 14.2 Å². The standard InChI is InChI=1S/C17H20FN5O2S/c1-25-14-8-11(18)2-3-12(14)13-9-20-15-23(13)21-16(26-15)22-6-4-17(19,10-24)5-7-22/h2-3,8-9,24H,4-7,10,19H2,1H3. The number of benzene rings is 1. The van der Waals surface area contributed by atoms with Crippen molar-refractivity contribution in [1.82, 2.24) is 14.6 Å². The van der Waals surface area contributed by atoms with E-state index < -0.39 is 5.54 Å². The molecular formula is C17H20FN5O2S. The number of hydrogen-bond acceptors (Lipinski definition) is 7. The Labute approximate surface area is 153 Å². The Morgan fingerprint density at radius 3 is 2.85 bits per heavy atom. The summed E-state index contributed by atoms with van der Waals surface area (Å²) in [5, 5.41) is 15.0. The average molecular weight is 377 g/mol. The van der Waals surface area contributed by atoms with E-state index in [0.29, 0.717) is 18.6 Å². The number of fused-ring (bicyclic) bond motifs is 1. The molecule has 1 aliphatic heterocycles. The van der Waals surface area contributed by atoms with Crippen LogP contribution in [-0.2, 0) is 0 Å². The summed E-state index contributed by atoms with van der Waals surface area (Å²) in [5.74, 6) is 0.0861. The number of imidazole rings is 1. The lowest BCUT2D eigenvalue weighted by Crippen LogP contribution is -2.52. The Kier molecular flexibility index (Phi) is 4.29. The summed E-state index contributed by atoms with van der Waals surface area (Å²) in [5.41, 5.74) is 7.13. The molecule has 0 unspecified atom stereocenters. The highest BCUT2D eigenvalue weighted by Gasteiger charge is 2.31. The molecule has 3 N–H and O–H groups in total. The molecule has 0 bridgehead atoms. The van der Waals surface area contributed by atoms with E-state index in [2.05, 4.69) is 9.88 Å². The maximum absolute atomic E-state index is 13.5. The Bertz CT molecular complexity index is 933. The molecule has 2 aromatic heterocycles. The minimum Gasteiger partial charge on any atom is -0.496 e. The first-order chi connectivity index (χ1) is 12.5. The second-order valence-electron chi connectivity index (χ2n) is 6.57. The van der Waals surface area contributed by atoms with Gasteiger partial charge in [0.15, 0.2) is 0 Å². The van der Waals surface area contributed by atoms with E-state index in [1.807, 2.05) is 0 Å². The van der Waals surface area contributed by atoms with Crippen molar-refractivity contribution in [1.29, 1.82) is 0 Å². The van der Waals surface area contributed by atoms with Crippen LogP contribution >= 0.6 is 11.3 Å². The van der Waals surface area contributed by atoms with Crippen LogP contribution in [0.5, 0.6) is 5.75 Å². The third-order valence-corrected chi connectivity index (χ3v) is 5.84. The smallest absolute Gasteiger partial charge is 0.214 e. The van der Waals surface area contributed by atoms with E-state index in [1.54, 1.807) is 16.8 Å². The van der Waals surface area contributed by atoms with Crippen molar-refractivity contribution in [3.8, 4) is 17.0 Å². The zero-order valence-corrected chi connectivity index (χ0v) is 15.2. The minimum absolute atomic E-state index is 0.00343. The van der Waals surface area contributed by atoms with Crippen LogP contribution in [0, 0.1) is 5.82 Å². The molecule has 4 rings (SSSR count). The summed E-state index contributed by atoms with van der Waals surface area (Å²) in [4.78, 5) is 7.35. The zero-order valence-electron chi connectivity index (χ0n) is 14.4. The van der Waals surface area contributed by atoms with Crippen molar-refractivity contribution in [2.45, 2.75) is 18.4 Å². The zero-order chi connectivity index (χ0) is 18.3. The molecule has 0 spiro atoms. The monoisotopic (exact) mass is 377 g/mol. The summed E-state index contributed by atoms with van der Waals surface area (Å²) < 4.78 is 20.5. The number of ether oxygens (including phenoxy) is 1. The van der Waals surface area contributed by atoms with Gasteiger partial charge < -0.3 is 20.5 Å². The van der Waals surface area contributed by atoms with E-state index in [9.17, 15) is 9.50 Å². The van der Waals surface area contributed by atoms with Gasteiger partial charge in [0, 0.05) is 30.3 Å². The van der Waals surface area contributed by atoms with Crippen LogP contribution in [-0.4, -0.2) is 52.0 Å². The number of halogens is 1. The third-order valence-electron chi connectivity index (χ3n) is 4.86. The van der Waals surface area contributed by atoms with Gasteiger partial charge in [0.05, 0.1) is 25.6 Å². The molecular weight excluding hydrogens is 357 g/mol. The predicted molar refractivity (Wildman–Crippen MR) is 98.3 cm³/mol. The number of piperidine rings is 1. The number of anilines is 1. The molecule has 0 saturated carbocycles. The largest absolute Gasteiger partial charge is 0.496 e. The number of aliphatic hydroxyl groups excluding tert-OH is 1. The van der Waals surface area contributed by atoms with Crippen LogP contribution in [0.1, 0.15) is 12.8 Å². The number of rotatable bonds is 4. The molecule has 1 saturated heterocycles. The molecule has 138 valence electrons. The first kappa shape index (κ1) is 17.2. The van der Waals surface area contributed by atoms with E-state index in [4.69, 9.17) is 15.6 Å². The maximum atomic E-state index is 13.5. The van der Waals surface area contributed by atoms with E-state index in [1.165, 1.54) is 30.6 Å². The average Bonchev–Trinajstić information content (AvgIpc) is 3.23. The van der Waals surface area contributed by atoms with Crippen LogP contribution in [0.3, 0.4) is 0 Å². The molecule has 0 aliphatic carbocycles. The molecule has 1 aromatic carbocycles. The van der Waals surface area contributed by atoms with Crippen molar-refractivity contribution in [3.05, 3.63) is 30.2 Å². The molecule has 26 heavy (non-hydrogen) atoms. The number of aliphatic hydroxyl groups is 1. The van der Waals surface area contributed by atoms with Crippen molar-refractivity contribution in [2.75, 3.05) is 31.7 Å². The summed E-state index contributed by atoms with van der Waals surface area (Å²) in [6.07, 6.45) is 3.14. The predicted octanol–water partition coefficient (Wildman–Crippen LogP) is 1.90. The molecule has 1 fully saturated rings. The lowest BCUT2D eigenvalue weighted by molar-refractivity contribution is 0.170. The Hall–Kier alpha value is -2.23. The highest BCUT2D eigenvalue weighted by atomic mass is 32.1. The van der Waals surface area contributed by atoms with Crippen molar-refractivity contribution in [3.63, 3.8) is 0 Å². The van der Waals surface area contributed by atoms with Gasteiger partial charge in [-0.3, -0.25) is 0 Å². The lowest BCUT2D eigenvalue weighted by atomic mass is 9.90. The van der Waals surface area contributed by atoms with Gasteiger partial charge in [0.2, 0.25) is 10.1 Å². The topological polar surface area (TPSA) is 88.9 Å². The van der Waals surface area contributed by atoms with E-state index >= 15 is 0 Å². The van der Waals surface area contributed by atoms with Gasteiger partial charge in [0.25, 0.3) is 0 Å². The Balaban J connectivity index is 1.66. The molecule has 3 aromatic rings. The highest BCUT2D eigenvalue weighted by molar-refractivity contribution is 7.20. The first-order valence-electron chi connectivity index (χ1n) is 8.36. The fourth-order valence-corrected chi connectivity index (χ4v) is 4.10. The number of aromatic nitrogens is 3. The van der Waals surface area contributed by atoms with Crippen LogP contribution in [0.15, 0.2) is 24.4 Å². The van der Waals surface area contributed by atoms with Gasteiger partial charge in [-0.1, -0.05) is 11.3 Å². The van der Waals surface area contributed by atoms with Gasteiger partial charge in [0.1, 0.15) is 11.6 Å². The molecule has 0 amide bonds. The summed E-state index contributed by atoms with van der Waals surface area (Å²) in [6, 6.07) is 4.41. The lowest BCUT2D eigenvalue weighted by Gasteiger charge is -2.37. The van der Waals surface area contributed by atoms with Crippen LogP contribution in [0.2, 0.25) is 0 Å². The van der Waals surface area contributed by atoms with Gasteiger partial charge in [-0.25, -0.2) is 13.9 Å². The maximum Gasteiger partial charge on any atom is 0.214 e. The van der Waals surface area contributed by atoms with E-state index in [0.717, 1.165) is 34.4 Å². The molecule has 9 heteroatoms. The number of methoxy groups -OCH3 is 1. The summed E-state index contributed by atoms with van der Waals surface area (Å²) in [6.45, 7) is 1.47. The molecule has 1 aliphatic rings. The van der Waals surface area contributed by atoms with Gasteiger partial charge >= 0.3 is 0 Å². The summed E-state index contributed by atoms with van der Waals surface area (Å²) >= 11 is 1.49. The molecule has 7 nitrogen and oxygen atoms in total. The molecule has 0 atom stereocenters. The molecule has 0 radical (unpaired) electrons. The van der Waals surface area contributed by atoms with Crippen LogP contribution < -0.4 is 15.4 Å². The second-order valence-corrected chi connectivity index (χ2v) is 7.51.